The first kappa shape index (κ1) is 26.1. The molecule has 0 fully saturated rings. The van der Waals surface area contributed by atoms with Crippen molar-refractivity contribution in [3.63, 3.8) is 0 Å². The highest BCUT2D eigenvalue weighted by Crippen LogP contribution is 2.29. The Labute approximate surface area is 231 Å². The quantitative estimate of drug-likeness (QED) is 0.219. The van der Waals surface area contributed by atoms with Crippen LogP contribution in [0.5, 0.6) is 0 Å². The Morgan fingerprint density at radius 3 is 2.08 bits per heavy atom. The summed E-state index contributed by atoms with van der Waals surface area (Å²) in [6.07, 6.45) is 4.36. The van der Waals surface area contributed by atoms with Crippen molar-refractivity contribution in [1.29, 1.82) is 0 Å². The fraction of sp³-hybridized carbons (Fsp3) is 0.132. The van der Waals surface area contributed by atoms with E-state index in [0.29, 0.717) is 0 Å². The van der Waals surface area contributed by atoms with Crippen LogP contribution in [-0.2, 0) is 0 Å². The standard InChI is InChI=1S/C36H29N.C2H6/c1-23-8-11-28-15-14-27(26(4)33(28)20-23)13-10-25(3)31-6-5-7-32(22-31)35-19-18-30-17-16-29-12-9-24(2)21-34(29)36(30)37-35;1-2/h5-22H,4H2,1-3H3;1-2H3/b25-10+,27-13-;. The molecule has 1 heteroatoms. The van der Waals surface area contributed by atoms with Crippen molar-refractivity contribution in [2.24, 2.45) is 0 Å². The van der Waals surface area contributed by atoms with Gasteiger partial charge >= 0.3 is 0 Å². The maximum absolute atomic E-state index is 5.12. The molecule has 0 bridgehead atoms. The van der Waals surface area contributed by atoms with Crippen molar-refractivity contribution >= 4 is 50.7 Å². The third-order valence-corrected chi connectivity index (χ3v) is 7.28. The van der Waals surface area contributed by atoms with E-state index >= 15 is 0 Å². The Kier molecular flexibility index (Phi) is 7.43. The molecule has 5 aromatic carbocycles. The van der Waals surface area contributed by atoms with Crippen molar-refractivity contribution in [2.75, 3.05) is 0 Å². The molecule has 0 saturated heterocycles. The highest BCUT2D eigenvalue weighted by Gasteiger charge is 2.07. The number of fused-ring (bicyclic) bond motifs is 4. The zero-order valence-corrected chi connectivity index (χ0v) is 23.5. The van der Waals surface area contributed by atoms with Crippen LogP contribution in [0.15, 0.2) is 103 Å². The van der Waals surface area contributed by atoms with Gasteiger partial charge in [0.05, 0.1) is 11.2 Å². The first-order valence-electron chi connectivity index (χ1n) is 13.7. The highest BCUT2D eigenvalue weighted by molar-refractivity contribution is 6.06. The number of allylic oxidation sites excluding steroid dienone is 2. The summed E-state index contributed by atoms with van der Waals surface area (Å²) in [6.45, 7) is 14.8. The zero-order chi connectivity index (χ0) is 27.5. The van der Waals surface area contributed by atoms with E-state index in [1.807, 2.05) is 13.8 Å². The zero-order valence-electron chi connectivity index (χ0n) is 23.5. The average Bonchev–Trinajstić information content (AvgIpc) is 2.97. The lowest BCUT2D eigenvalue weighted by atomic mass is 10.00. The number of rotatable bonds is 3. The molecule has 0 atom stereocenters. The minimum Gasteiger partial charge on any atom is -0.247 e. The second kappa shape index (κ2) is 11.1. The van der Waals surface area contributed by atoms with Crippen molar-refractivity contribution in [3.8, 4) is 11.3 Å². The van der Waals surface area contributed by atoms with Gasteiger partial charge in [-0.1, -0.05) is 123 Å². The van der Waals surface area contributed by atoms with Crippen LogP contribution >= 0.6 is 0 Å². The summed E-state index contributed by atoms with van der Waals surface area (Å²) in [4.78, 5) is 5.12. The van der Waals surface area contributed by atoms with Crippen molar-refractivity contribution in [2.45, 2.75) is 34.6 Å². The monoisotopic (exact) mass is 505 g/mol. The van der Waals surface area contributed by atoms with E-state index in [9.17, 15) is 0 Å². The molecule has 0 aliphatic heterocycles. The second-order valence-corrected chi connectivity index (χ2v) is 10.0. The van der Waals surface area contributed by atoms with Gasteiger partial charge in [-0.3, -0.25) is 0 Å². The summed E-state index contributed by atoms with van der Waals surface area (Å²) in [6, 6.07) is 34.7. The lowest BCUT2D eigenvalue weighted by Crippen LogP contribution is -2.23. The topological polar surface area (TPSA) is 12.9 Å². The van der Waals surface area contributed by atoms with Crippen LogP contribution < -0.4 is 10.4 Å². The molecule has 0 saturated carbocycles. The number of nitrogens with zero attached hydrogens (tertiary/aromatic N) is 1. The fourth-order valence-electron chi connectivity index (χ4n) is 5.08. The number of benzene rings is 5. The van der Waals surface area contributed by atoms with Gasteiger partial charge in [-0.15, -0.1) is 0 Å². The molecule has 0 unspecified atom stereocenters. The lowest BCUT2D eigenvalue weighted by molar-refractivity contribution is 1.40. The number of aryl methyl sites for hydroxylation is 2. The molecule has 0 aliphatic carbocycles. The van der Waals surface area contributed by atoms with Crippen LogP contribution in [-0.4, -0.2) is 4.98 Å². The number of pyridine rings is 1. The van der Waals surface area contributed by atoms with Gasteiger partial charge in [0, 0.05) is 16.3 Å². The summed E-state index contributed by atoms with van der Waals surface area (Å²) in [5.41, 5.74) is 8.06. The Bertz CT molecular complexity index is 1980. The molecule has 6 aromatic rings. The Hall–Kier alpha value is -4.49. The summed E-state index contributed by atoms with van der Waals surface area (Å²) in [5.74, 6) is 0. The van der Waals surface area contributed by atoms with E-state index in [-0.39, 0.29) is 0 Å². The molecule has 6 rings (SSSR count). The van der Waals surface area contributed by atoms with E-state index in [1.54, 1.807) is 0 Å². The van der Waals surface area contributed by atoms with Gasteiger partial charge in [0.2, 0.25) is 0 Å². The molecule has 192 valence electrons. The summed E-state index contributed by atoms with van der Waals surface area (Å²) >= 11 is 0. The van der Waals surface area contributed by atoms with Gasteiger partial charge in [0.15, 0.2) is 0 Å². The Balaban J connectivity index is 0.00000151. The van der Waals surface area contributed by atoms with E-state index in [0.717, 1.165) is 27.2 Å². The van der Waals surface area contributed by atoms with Gasteiger partial charge in [0.25, 0.3) is 0 Å². The second-order valence-electron chi connectivity index (χ2n) is 10.0. The smallest absolute Gasteiger partial charge is 0.0787 e. The van der Waals surface area contributed by atoms with E-state index in [2.05, 4.69) is 137 Å². The van der Waals surface area contributed by atoms with Crippen LogP contribution in [0.1, 0.15) is 37.5 Å². The predicted octanol–water partition coefficient (Wildman–Crippen LogP) is 9.15. The van der Waals surface area contributed by atoms with Crippen LogP contribution in [0, 0.1) is 13.8 Å². The molecule has 0 aliphatic rings. The molecular weight excluding hydrogens is 470 g/mol. The van der Waals surface area contributed by atoms with Gasteiger partial charge in [-0.25, -0.2) is 4.98 Å². The average molecular weight is 506 g/mol. The summed E-state index contributed by atoms with van der Waals surface area (Å²) in [7, 11) is 0. The number of hydrogen-bond acceptors (Lipinski definition) is 1. The maximum Gasteiger partial charge on any atom is 0.0787 e. The third-order valence-electron chi connectivity index (χ3n) is 7.28. The third kappa shape index (κ3) is 5.26. The van der Waals surface area contributed by atoms with Gasteiger partial charge in [-0.2, -0.15) is 0 Å². The minimum atomic E-state index is 0.991. The van der Waals surface area contributed by atoms with E-state index in [4.69, 9.17) is 4.98 Å². The molecule has 0 N–H and O–H groups in total. The van der Waals surface area contributed by atoms with Crippen LogP contribution in [0.25, 0.3) is 61.9 Å². The summed E-state index contributed by atoms with van der Waals surface area (Å²) < 4.78 is 0. The normalized spacial score (nSPS) is 12.1. The molecule has 0 radical (unpaired) electrons. The largest absolute Gasteiger partial charge is 0.247 e. The fourth-order valence-corrected chi connectivity index (χ4v) is 5.08. The first-order chi connectivity index (χ1) is 19.0. The Morgan fingerprint density at radius 1 is 0.692 bits per heavy atom. The van der Waals surface area contributed by atoms with Crippen LogP contribution in [0.4, 0.5) is 0 Å². The lowest BCUT2D eigenvalue weighted by Gasteiger charge is -2.09. The molecule has 39 heavy (non-hydrogen) atoms. The minimum absolute atomic E-state index is 0.991. The predicted molar refractivity (Wildman–Crippen MR) is 172 cm³/mol. The maximum atomic E-state index is 5.12. The number of hydrogen-bond donors (Lipinski definition) is 0. The van der Waals surface area contributed by atoms with E-state index in [1.165, 1.54) is 49.2 Å². The molecule has 0 amide bonds. The van der Waals surface area contributed by atoms with Gasteiger partial charge in [0.1, 0.15) is 0 Å². The number of aromatic nitrogens is 1. The molecular formula is C38H35N. The van der Waals surface area contributed by atoms with Gasteiger partial charge in [-0.05, 0) is 76.7 Å². The molecule has 1 nitrogen and oxygen atoms in total. The van der Waals surface area contributed by atoms with Crippen molar-refractivity contribution in [1.82, 2.24) is 4.98 Å². The molecule has 1 aromatic heterocycles. The molecule has 1 heterocycles. The van der Waals surface area contributed by atoms with Crippen LogP contribution in [0.3, 0.4) is 0 Å². The Morgan fingerprint density at radius 2 is 1.31 bits per heavy atom. The van der Waals surface area contributed by atoms with Crippen LogP contribution in [0.2, 0.25) is 0 Å². The first-order valence-corrected chi connectivity index (χ1v) is 13.7. The van der Waals surface area contributed by atoms with E-state index < -0.39 is 0 Å². The summed E-state index contributed by atoms with van der Waals surface area (Å²) in [5, 5.41) is 8.25. The molecule has 0 spiro atoms. The van der Waals surface area contributed by atoms with Crippen molar-refractivity contribution < 1.29 is 0 Å². The van der Waals surface area contributed by atoms with Gasteiger partial charge < -0.3 is 0 Å². The van der Waals surface area contributed by atoms with Crippen molar-refractivity contribution in [3.05, 3.63) is 130 Å². The SMILES string of the molecule is C=c1/c(=C\C=C(/C)c2cccc(-c3ccc4ccc5ccc(C)cc5c4n3)c2)ccc2ccc(C)cc12.CC. The highest BCUT2D eigenvalue weighted by atomic mass is 14.7.